The van der Waals surface area contributed by atoms with E-state index < -0.39 is 24.4 Å². The Morgan fingerprint density at radius 1 is 1.29 bits per heavy atom. The van der Waals surface area contributed by atoms with Gasteiger partial charge in [0.1, 0.15) is 0 Å². The second-order valence-electron chi connectivity index (χ2n) is 7.29. The summed E-state index contributed by atoms with van der Waals surface area (Å²) in [5, 5.41) is 11.3. The third-order valence-electron chi connectivity index (χ3n) is 4.98. The summed E-state index contributed by atoms with van der Waals surface area (Å²) in [5.41, 5.74) is -0.0287. The van der Waals surface area contributed by atoms with Crippen LogP contribution in [0.15, 0.2) is 12.4 Å². The highest BCUT2D eigenvalue weighted by Crippen LogP contribution is 2.36. The van der Waals surface area contributed by atoms with Gasteiger partial charge in [-0.3, -0.25) is 0 Å². The van der Waals surface area contributed by atoms with E-state index in [4.69, 9.17) is 14.4 Å². The smallest absolute Gasteiger partial charge is 0.465 e. The van der Waals surface area contributed by atoms with Crippen molar-refractivity contribution in [3.8, 4) is 0 Å². The molecule has 9 heteroatoms. The van der Waals surface area contributed by atoms with Gasteiger partial charge in [0, 0.05) is 30.9 Å². The molecule has 1 unspecified atom stereocenters. The SMILES string of the molecule is CC1(C)OB(c2cnc(N3CCC(NC(=O)O)C3)nc2)OC1(C)C. The molecule has 2 aliphatic rings. The van der Waals surface area contributed by atoms with Crippen molar-refractivity contribution in [1.82, 2.24) is 15.3 Å². The summed E-state index contributed by atoms with van der Waals surface area (Å²) in [6.45, 7) is 9.30. The number of nitrogens with zero attached hydrogens (tertiary/aromatic N) is 3. The molecular formula is C15H23BN4O4. The van der Waals surface area contributed by atoms with E-state index in [2.05, 4.69) is 15.3 Å². The van der Waals surface area contributed by atoms with E-state index in [1.54, 1.807) is 12.4 Å². The van der Waals surface area contributed by atoms with Crippen LogP contribution in [0.25, 0.3) is 0 Å². The van der Waals surface area contributed by atoms with Gasteiger partial charge in [0.05, 0.1) is 17.2 Å². The summed E-state index contributed by atoms with van der Waals surface area (Å²) < 4.78 is 12.0. The Balaban J connectivity index is 1.66. The number of hydrogen-bond donors (Lipinski definition) is 2. The lowest BCUT2D eigenvalue weighted by Gasteiger charge is -2.32. The third-order valence-corrected chi connectivity index (χ3v) is 4.98. The molecule has 0 aliphatic carbocycles. The molecule has 1 atom stereocenters. The maximum Gasteiger partial charge on any atom is 0.498 e. The summed E-state index contributed by atoms with van der Waals surface area (Å²) >= 11 is 0. The molecule has 3 rings (SSSR count). The van der Waals surface area contributed by atoms with E-state index in [-0.39, 0.29) is 6.04 Å². The summed E-state index contributed by atoms with van der Waals surface area (Å²) in [4.78, 5) is 21.5. The molecule has 0 spiro atoms. The fourth-order valence-electron chi connectivity index (χ4n) is 2.83. The second-order valence-corrected chi connectivity index (χ2v) is 7.29. The maximum atomic E-state index is 10.7. The number of nitrogens with one attached hydrogen (secondary N) is 1. The highest BCUT2D eigenvalue weighted by Gasteiger charge is 2.52. The van der Waals surface area contributed by atoms with Crippen LogP contribution in [0.4, 0.5) is 10.7 Å². The standard InChI is InChI=1S/C15H23BN4O4/c1-14(2)15(3,4)24-16(23-14)10-7-17-12(18-8-10)20-6-5-11(9-20)19-13(21)22/h7-8,11,19H,5-6,9H2,1-4H3,(H,21,22). The van der Waals surface area contributed by atoms with Crippen LogP contribution in [-0.2, 0) is 9.31 Å². The summed E-state index contributed by atoms with van der Waals surface area (Å²) in [6.07, 6.45) is 3.17. The van der Waals surface area contributed by atoms with Crippen LogP contribution in [-0.4, -0.2) is 58.6 Å². The van der Waals surface area contributed by atoms with Crippen LogP contribution in [0.5, 0.6) is 0 Å². The fraction of sp³-hybridized carbons (Fsp3) is 0.667. The van der Waals surface area contributed by atoms with Crippen molar-refractivity contribution in [3.63, 3.8) is 0 Å². The maximum absolute atomic E-state index is 10.7. The third kappa shape index (κ3) is 3.18. The molecule has 1 aromatic heterocycles. The van der Waals surface area contributed by atoms with Crippen LogP contribution in [0.3, 0.4) is 0 Å². The minimum absolute atomic E-state index is 0.0890. The monoisotopic (exact) mass is 334 g/mol. The Hall–Kier alpha value is -1.87. The lowest BCUT2D eigenvalue weighted by Crippen LogP contribution is -2.41. The van der Waals surface area contributed by atoms with E-state index in [0.29, 0.717) is 12.5 Å². The van der Waals surface area contributed by atoms with Crippen LogP contribution in [0, 0.1) is 0 Å². The van der Waals surface area contributed by atoms with Gasteiger partial charge in [-0.15, -0.1) is 0 Å². The Labute approximate surface area is 141 Å². The highest BCUT2D eigenvalue weighted by atomic mass is 16.7. The van der Waals surface area contributed by atoms with Crippen LogP contribution in [0.2, 0.25) is 0 Å². The largest absolute Gasteiger partial charge is 0.498 e. The van der Waals surface area contributed by atoms with E-state index in [1.807, 2.05) is 32.6 Å². The Kier molecular flexibility index (Phi) is 4.17. The zero-order chi connectivity index (χ0) is 17.5. The molecule has 24 heavy (non-hydrogen) atoms. The molecule has 2 saturated heterocycles. The van der Waals surface area contributed by atoms with Gasteiger partial charge in [-0.25, -0.2) is 14.8 Å². The first-order valence-electron chi connectivity index (χ1n) is 8.10. The molecular weight excluding hydrogens is 311 g/mol. The van der Waals surface area contributed by atoms with Crippen molar-refractivity contribution < 1.29 is 19.2 Å². The van der Waals surface area contributed by atoms with Crippen molar-refractivity contribution in [3.05, 3.63) is 12.4 Å². The molecule has 0 saturated carbocycles. The van der Waals surface area contributed by atoms with Gasteiger partial charge in [-0.2, -0.15) is 0 Å². The van der Waals surface area contributed by atoms with Crippen molar-refractivity contribution >= 4 is 24.6 Å². The van der Waals surface area contributed by atoms with Gasteiger partial charge in [0.15, 0.2) is 0 Å². The molecule has 0 aromatic carbocycles. The summed E-state index contributed by atoms with van der Waals surface area (Å²) in [5.74, 6) is 0.588. The number of amides is 1. The van der Waals surface area contributed by atoms with Gasteiger partial charge in [-0.05, 0) is 34.1 Å². The zero-order valence-electron chi connectivity index (χ0n) is 14.4. The molecule has 1 amide bonds. The first-order chi connectivity index (χ1) is 11.2. The van der Waals surface area contributed by atoms with Crippen molar-refractivity contribution in [2.45, 2.75) is 51.4 Å². The predicted molar refractivity (Wildman–Crippen MR) is 89.5 cm³/mol. The fourth-order valence-corrected chi connectivity index (χ4v) is 2.83. The molecule has 2 N–H and O–H groups in total. The Morgan fingerprint density at radius 3 is 2.42 bits per heavy atom. The first kappa shape index (κ1) is 17.0. The minimum Gasteiger partial charge on any atom is -0.465 e. The van der Waals surface area contributed by atoms with Crippen molar-refractivity contribution in [1.29, 1.82) is 0 Å². The number of anilines is 1. The zero-order valence-corrected chi connectivity index (χ0v) is 14.4. The van der Waals surface area contributed by atoms with Gasteiger partial charge in [0.2, 0.25) is 5.95 Å². The van der Waals surface area contributed by atoms with E-state index in [9.17, 15) is 4.79 Å². The lowest BCUT2D eigenvalue weighted by atomic mass is 9.81. The van der Waals surface area contributed by atoms with E-state index in [1.165, 1.54) is 0 Å². The van der Waals surface area contributed by atoms with Crippen molar-refractivity contribution in [2.75, 3.05) is 18.0 Å². The molecule has 2 fully saturated rings. The summed E-state index contributed by atoms with van der Waals surface area (Å²) in [6, 6.07) is -0.0890. The number of aromatic nitrogens is 2. The van der Waals surface area contributed by atoms with Gasteiger partial charge >= 0.3 is 13.2 Å². The van der Waals surface area contributed by atoms with E-state index in [0.717, 1.165) is 18.4 Å². The highest BCUT2D eigenvalue weighted by molar-refractivity contribution is 6.61. The molecule has 0 radical (unpaired) electrons. The Morgan fingerprint density at radius 2 is 1.88 bits per heavy atom. The topological polar surface area (TPSA) is 96.8 Å². The van der Waals surface area contributed by atoms with E-state index >= 15 is 0 Å². The van der Waals surface area contributed by atoms with Gasteiger partial charge in [0.25, 0.3) is 0 Å². The van der Waals surface area contributed by atoms with Gasteiger partial charge in [-0.1, -0.05) is 0 Å². The molecule has 130 valence electrons. The molecule has 0 bridgehead atoms. The number of carbonyl (C=O) groups is 1. The normalized spacial score (nSPS) is 25.1. The predicted octanol–water partition coefficient (Wildman–Crippen LogP) is 0.622. The first-order valence-corrected chi connectivity index (χ1v) is 8.10. The molecule has 1 aromatic rings. The van der Waals surface area contributed by atoms with Crippen molar-refractivity contribution in [2.24, 2.45) is 0 Å². The average Bonchev–Trinajstić information content (AvgIpc) is 3.01. The molecule has 3 heterocycles. The molecule has 2 aliphatic heterocycles. The number of rotatable bonds is 3. The van der Waals surface area contributed by atoms with Crippen LogP contribution in [0.1, 0.15) is 34.1 Å². The van der Waals surface area contributed by atoms with Crippen LogP contribution < -0.4 is 15.7 Å². The second kappa shape index (κ2) is 5.89. The lowest BCUT2D eigenvalue weighted by molar-refractivity contribution is 0.00578. The van der Waals surface area contributed by atoms with Gasteiger partial charge < -0.3 is 24.6 Å². The number of hydrogen-bond acceptors (Lipinski definition) is 6. The quantitative estimate of drug-likeness (QED) is 0.782. The summed E-state index contributed by atoms with van der Waals surface area (Å²) in [7, 11) is -0.482. The Bertz CT molecular complexity index is 606. The van der Waals surface area contributed by atoms with Crippen LogP contribution >= 0.6 is 0 Å². The number of carboxylic acid groups (broad SMARTS) is 1. The minimum atomic E-state index is -1.00. The average molecular weight is 334 g/mol. The molecule has 8 nitrogen and oxygen atoms in total.